The van der Waals surface area contributed by atoms with E-state index in [0.29, 0.717) is 23.6 Å². The Morgan fingerprint density at radius 2 is 1.73 bits per heavy atom. The lowest BCUT2D eigenvalue weighted by molar-refractivity contribution is -0.115. The Labute approximate surface area is 134 Å². The van der Waals surface area contributed by atoms with Gasteiger partial charge in [-0.25, -0.2) is 0 Å². The van der Waals surface area contributed by atoms with E-state index < -0.39 is 0 Å². The van der Waals surface area contributed by atoms with Crippen molar-refractivity contribution >= 4 is 23.4 Å². The summed E-state index contributed by atoms with van der Waals surface area (Å²) in [6, 6.07) is 13.3. The molecule has 0 saturated heterocycles. The Bertz CT molecular complexity index is 641. The molecule has 0 heterocycles. The van der Waals surface area contributed by atoms with Crippen LogP contribution in [0.15, 0.2) is 47.4 Å². The molecule has 116 valence electrons. The van der Waals surface area contributed by atoms with Crippen LogP contribution >= 0.6 is 11.8 Å². The van der Waals surface area contributed by atoms with Gasteiger partial charge in [0.05, 0.1) is 20.6 Å². The van der Waals surface area contributed by atoms with Crippen LogP contribution in [0.3, 0.4) is 0 Å². The first kappa shape index (κ1) is 16.2. The van der Waals surface area contributed by atoms with Crippen molar-refractivity contribution in [1.29, 1.82) is 0 Å². The second kappa shape index (κ2) is 7.75. The standard InChI is InChI=1S/C17H19NO3S/c1-20-15-9-6-13(11-16(15)21-2)18-17(19)10-12-4-7-14(22-3)8-5-12/h4-9,11H,10H2,1-3H3,(H,18,19). The summed E-state index contributed by atoms with van der Waals surface area (Å²) in [5.74, 6) is 1.15. The van der Waals surface area contributed by atoms with Crippen LogP contribution in [0.1, 0.15) is 5.56 Å². The zero-order chi connectivity index (χ0) is 15.9. The molecule has 0 radical (unpaired) electrons. The number of hydrogen-bond acceptors (Lipinski definition) is 4. The largest absolute Gasteiger partial charge is 0.493 e. The van der Waals surface area contributed by atoms with Crippen molar-refractivity contribution in [3.63, 3.8) is 0 Å². The van der Waals surface area contributed by atoms with E-state index in [-0.39, 0.29) is 5.91 Å². The molecule has 1 N–H and O–H groups in total. The maximum atomic E-state index is 12.1. The molecule has 0 aliphatic rings. The summed E-state index contributed by atoms with van der Waals surface area (Å²) >= 11 is 1.68. The number of hydrogen-bond donors (Lipinski definition) is 1. The van der Waals surface area contributed by atoms with E-state index in [0.717, 1.165) is 5.56 Å². The lowest BCUT2D eigenvalue weighted by Crippen LogP contribution is -2.14. The molecule has 0 fully saturated rings. The maximum absolute atomic E-state index is 12.1. The number of anilines is 1. The van der Waals surface area contributed by atoms with Gasteiger partial charge in [0.15, 0.2) is 11.5 Å². The topological polar surface area (TPSA) is 47.6 Å². The van der Waals surface area contributed by atoms with E-state index in [2.05, 4.69) is 5.32 Å². The van der Waals surface area contributed by atoms with Crippen LogP contribution in [0.5, 0.6) is 11.5 Å². The number of carbonyl (C=O) groups excluding carboxylic acids is 1. The van der Waals surface area contributed by atoms with Crippen molar-refractivity contribution in [3.8, 4) is 11.5 Å². The number of carbonyl (C=O) groups is 1. The fraction of sp³-hybridized carbons (Fsp3) is 0.235. The van der Waals surface area contributed by atoms with Crippen LogP contribution in [0.4, 0.5) is 5.69 Å². The maximum Gasteiger partial charge on any atom is 0.228 e. The Kier molecular flexibility index (Phi) is 5.72. The molecule has 2 rings (SSSR count). The predicted molar refractivity (Wildman–Crippen MR) is 90.1 cm³/mol. The van der Waals surface area contributed by atoms with E-state index >= 15 is 0 Å². The Hall–Kier alpha value is -2.14. The molecular weight excluding hydrogens is 298 g/mol. The third-order valence-corrected chi connectivity index (χ3v) is 3.93. The van der Waals surface area contributed by atoms with Crippen LogP contribution in [-0.2, 0) is 11.2 Å². The fourth-order valence-electron chi connectivity index (χ4n) is 2.05. The van der Waals surface area contributed by atoms with Gasteiger partial charge in [-0.1, -0.05) is 12.1 Å². The lowest BCUT2D eigenvalue weighted by atomic mass is 10.1. The zero-order valence-corrected chi connectivity index (χ0v) is 13.7. The minimum atomic E-state index is -0.0656. The van der Waals surface area contributed by atoms with Crippen molar-refractivity contribution in [2.24, 2.45) is 0 Å². The third-order valence-electron chi connectivity index (χ3n) is 3.19. The zero-order valence-electron chi connectivity index (χ0n) is 12.9. The van der Waals surface area contributed by atoms with E-state index in [4.69, 9.17) is 9.47 Å². The summed E-state index contributed by atoms with van der Waals surface area (Å²) < 4.78 is 10.4. The normalized spacial score (nSPS) is 10.1. The average molecular weight is 317 g/mol. The summed E-state index contributed by atoms with van der Waals surface area (Å²) in [6.07, 6.45) is 2.36. The summed E-state index contributed by atoms with van der Waals surface area (Å²) in [4.78, 5) is 13.3. The highest BCUT2D eigenvalue weighted by Crippen LogP contribution is 2.29. The number of methoxy groups -OCH3 is 2. The van der Waals surface area contributed by atoms with Crippen LogP contribution in [0, 0.1) is 0 Å². The van der Waals surface area contributed by atoms with Gasteiger partial charge in [-0.15, -0.1) is 11.8 Å². The van der Waals surface area contributed by atoms with Gasteiger partial charge in [-0.05, 0) is 36.1 Å². The Balaban J connectivity index is 2.02. The van der Waals surface area contributed by atoms with E-state index in [1.165, 1.54) is 4.90 Å². The summed E-state index contributed by atoms with van der Waals surface area (Å²) in [6.45, 7) is 0. The van der Waals surface area contributed by atoms with Crippen LogP contribution < -0.4 is 14.8 Å². The number of benzene rings is 2. The summed E-state index contributed by atoms with van der Waals surface area (Å²) in [7, 11) is 3.14. The smallest absolute Gasteiger partial charge is 0.228 e. The minimum absolute atomic E-state index is 0.0656. The molecule has 2 aromatic carbocycles. The third kappa shape index (κ3) is 4.18. The number of rotatable bonds is 6. The number of nitrogens with one attached hydrogen (secondary N) is 1. The molecule has 0 aromatic heterocycles. The molecule has 0 aliphatic carbocycles. The van der Waals surface area contributed by atoms with Crippen LogP contribution in [0.25, 0.3) is 0 Å². The lowest BCUT2D eigenvalue weighted by Gasteiger charge is -2.10. The highest BCUT2D eigenvalue weighted by molar-refractivity contribution is 7.98. The van der Waals surface area contributed by atoms with Gasteiger partial charge in [0, 0.05) is 16.6 Å². The highest BCUT2D eigenvalue weighted by Gasteiger charge is 2.08. The second-order valence-electron chi connectivity index (χ2n) is 4.64. The van der Waals surface area contributed by atoms with Gasteiger partial charge in [0.2, 0.25) is 5.91 Å². The van der Waals surface area contributed by atoms with Crippen molar-refractivity contribution < 1.29 is 14.3 Å². The van der Waals surface area contributed by atoms with Crippen molar-refractivity contribution in [2.75, 3.05) is 25.8 Å². The SMILES string of the molecule is COc1ccc(NC(=O)Cc2ccc(SC)cc2)cc1OC. The molecule has 0 bridgehead atoms. The Morgan fingerprint density at radius 1 is 1.05 bits per heavy atom. The van der Waals surface area contributed by atoms with Gasteiger partial charge in [0.1, 0.15) is 0 Å². The van der Waals surface area contributed by atoms with Crippen molar-refractivity contribution in [3.05, 3.63) is 48.0 Å². The first-order valence-electron chi connectivity index (χ1n) is 6.81. The molecule has 0 aliphatic heterocycles. The molecule has 4 nitrogen and oxygen atoms in total. The van der Waals surface area contributed by atoms with Gasteiger partial charge in [0.25, 0.3) is 0 Å². The van der Waals surface area contributed by atoms with E-state index in [1.54, 1.807) is 44.2 Å². The van der Waals surface area contributed by atoms with Gasteiger partial charge < -0.3 is 14.8 Å². The van der Waals surface area contributed by atoms with Crippen molar-refractivity contribution in [1.82, 2.24) is 0 Å². The van der Waals surface area contributed by atoms with Gasteiger partial charge in [-0.3, -0.25) is 4.79 Å². The average Bonchev–Trinajstić information content (AvgIpc) is 2.55. The molecule has 22 heavy (non-hydrogen) atoms. The van der Waals surface area contributed by atoms with Crippen LogP contribution in [-0.4, -0.2) is 26.4 Å². The minimum Gasteiger partial charge on any atom is -0.493 e. The molecule has 5 heteroatoms. The quantitative estimate of drug-likeness (QED) is 0.827. The Morgan fingerprint density at radius 3 is 2.32 bits per heavy atom. The monoisotopic (exact) mass is 317 g/mol. The molecule has 0 spiro atoms. The van der Waals surface area contributed by atoms with E-state index in [1.807, 2.05) is 30.5 Å². The fourth-order valence-corrected chi connectivity index (χ4v) is 2.46. The number of thioether (sulfide) groups is 1. The number of amides is 1. The molecule has 1 amide bonds. The molecule has 0 saturated carbocycles. The van der Waals surface area contributed by atoms with Gasteiger partial charge in [-0.2, -0.15) is 0 Å². The first-order valence-corrected chi connectivity index (χ1v) is 8.03. The van der Waals surface area contributed by atoms with Crippen molar-refractivity contribution in [2.45, 2.75) is 11.3 Å². The first-order chi connectivity index (χ1) is 10.7. The molecule has 0 atom stereocenters. The van der Waals surface area contributed by atoms with Gasteiger partial charge >= 0.3 is 0 Å². The molecule has 2 aromatic rings. The molecular formula is C17H19NO3S. The molecule has 0 unspecified atom stereocenters. The van der Waals surface area contributed by atoms with Crippen LogP contribution in [0.2, 0.25) is 0 Å². The second-order valence-corrected chi connectivity index (χ2v) is 5.52. The summed E-state index contributed by atoms with van der Waals surface area (Å²) in [5, 5.41) is 2.87. The van der Waals surface area contributed by atoms with E-state index in [9.17, 15) is 4.79 Å². The highest BCUT2D eigenvalue weighted by atomic mass is 32.2. The summed E-state index contributed by atoms with van der Waals surface area (Å²) in [5.41, 5.74) is 1.67. The number of ether oxygens (including phenoxy) is 2. The predicted octanol–water partition coefficient (Wildman–Crippen LogP) is 3.61.